The first-order valence-corrected chi connectivity index (χ1v) is 6.10. The van der Waals surface area contributed by atoms with Gasteiger partial charge in [0.15, 0.2) is 5.72 Å². The fourth-order valence-corrected chi connectivity index (χ4v) is 2.45. The molecule has 0 spiro atoms. The summed E-state index contributed by atoms with van der Waals surface area (Å²) in [6.07, 6.45) is -2.65. The van der Waals surface area contributed by atoms with Crippen LogP contribution in [0, 0.1) is 0 Å². The largest absolute Gasteiger partial charge is 0.394 e. The van der Waals surface area contributed by atoms with E-state index < -0.39 is 42.4 Å². The molecule has 7 N–H and O–H groups in total. The molecule has 1 aromatic rings. The van der Waals surface area contributed by atoms with Gasteiger partial charge in [0.05, 0.1) is 12.6 Å². The number of hydrogen-bond acceptors (Lipinski definition) is 8. The zero-order valence-corrected chi connectivity index (χ0v) is 10.9. The van der Waals surface area contributed by atoms with Crippen LogP contribution >= 0.6 is 0 Å². The second-order valence-corrected chi connectivity index (χ2v) is 4.82. The van der Waals surface area contributed by atoms with Gasteiger partial charge in [0, 0.05) is 6.20 Å². The van der Waals surface area contributed by atoms with Gasteiger partial charge in [-0.1, -0.05) is 0 Å². The van der Waals surface area contributed by atoms with Crippen molar-refractivity contribution >= 4 is 5.82 Å². The fourth-order valence-electron chi connectivity index (χ4n) is 2.45. The van der Waals surface area contributed by atoms with E-state index in [1.54, 1.807) is 0 Å². The van der Waals surface area contributed by atoms with Gasteiger partial charge in [-0.25, -0.2) is 4.79 Å². The summed E-state index contributed by atoms with van der Waals surface area (Å²) in [6, 6.07) is 0.493. The summed E-state index contributed by atoms with van der Waals surface area (Å²) in [6.45, 7) is 0.988. The summed E-state index contributed by atoms with van der Waals surface area (Å²) in [5.74, 6) is 0.0119. The first kappa shape index (κ1) is 14.9. The van der Waals surface area contributed by atoms with E-state index >= 15 is 0 Å². The zero-order chi connectivity index (χ0) is 15.1. The van der Waals surface area contributed by atoms with Crippen molar-refractivity contribution in [3.8, 4) is 0 Å². The number of aliphatic hydroxyl groups is 3. The van der Waals surface area contributed by atoms with Gasteiger partial charge in [0.2, 0.25) is 0 Å². The third-order valence-electron chi connectivity index (χ3n) is 3.50. The third-order valence-corrected chi connectivity index (χ3v) is 3.50. The van der Waals surface area contributed by atoms with Crippen LogP contribution in [0.5, 0.6) is 0 Å². The average molecular weight is 286 g/mol. The van der Waals surface area contributed by atoms with E-state index in [1.165, 1.54) is 19.2 Å². The average Bonchev–Trinajstić information content (AvgIpc) is 2.64. The van der Waals surface area contributed by atoms with Crippen LogP contribution < -0.4 is 17.2 Å². The fraction of sp³-hybridized carbons (Fsp3) is 0.636. The van der Waals surface area contributed by atoms with Crippen LogP contribution in [0.3, 0.4) is 0 Å². The van der Waals surface area contributed by atoms with E-state index in [2.05, 4.69) is 4.98 Å². The lowest BCUT2D eigenvalue weighted by molar-refractivity contribution is -0.161. The smallest absolute Gasteiger partial charge is 0.351 e. The Labute approximate surface area is 114 Å². The minimum Gasteiger partial charge on any atom is -0.394 e. The molecule has 9 nitrogen and oxygen atoms in total. The molecule has 112 valence electrons. The Morgan fingerprint density at radius 3 is 2.70 bits per heavy atom. The summed E-state index contributed by atoms with van der Waals surface area (Å²) in [5.41, 5.74) is 8.77. The lowest BCUT2D eigenvalue weighted by Gasteiger charge is -2.36. The number of rotatable bonds is 3. The third kappa shape index (κ3) is 2.00. The van der Waals surface area contributed by atoms with Gasteiger partial charge in [-0.05, 0) is 13.0 Å². The highest BCUT2D eigenvalue weighted by atomic mass is 16.6. The Bertz CT molecular complexity index is 548. The van der Waals surface area contributed by atoms with Gasteiger partial charge in [-0.3, -0.25) is 4.57 Å². The molecular weight excluding hydrogens is 268 g/mol. The molecule has 0 aliphatic carbocycles. The maximum Gasteiger partial charge on any atom is 0.351 e. The molecule has 1 fully saturated rings. The van der Waals surface area contributed by atoms with Crippen LogP contribution in [0.1, 0.15) is 6.92 Å². The molecular formula is C11H18N4O5. The molecule has 20 heavy (non-hydrogen) atoms. The van der Waals surface area contributed by atoms with Crippen molar-refractivity contribution in [1.29, 1.82) is 0 Å². The molecule has 0 saturated carbocycles. The Kier molecular flexibility index (Phi) is 3.80. The summed E-state index contributed by atoms with van der Waals surface area (Å²) in [5, 5.41) is 29.3. The Morgan fingerprint density at radius 2 is 2.25 bits per heavy atom. The zero-order valence-electron chi connectivity index (χ0n) is 10.9. The lowest BCUT2D eigenvalue weighted by Crippen LogP contribution is -2.59. The first-order chi connectivity index (χ1) is 9.34. The summed E-state index contributed by atoms with van der Waals surface area (Å²) < 4.78 is 6.48. The van der Waals surface area contributed by atoms with Crippen molar-refractivity contribution in [2.75, 3.05) is 12.3 Å². The van der Waals surface area contributed by atoms with E-state index in [-0.39, 0.29) is 5.82 Å². The Balaban J connectivity index is 2.59. The minimum absolute atomic E-state index is 0.0119. The molecule has 9 heteroatoms. The normalized spacial score (nSPS) is 35.1. The highest BCUT2D eigenvalue weighted by Gasteiger charge is 2.58. The molecule has 1 aliphatic heterocycles. The maximum atomic E-state index is 12.0. The summed E-state index contributed by atoms with van der Waals surface area (Å²) in [4.78, 5) is 15.5. The van der Waals surface area contributed by atoms with Crippen molar-refractivity contribution in [3.05, 3.63) is 22.7 Å². The molecule has 1 aliphatic rings. The van der Waals surface area contributed by atoms with Gasteiger partial charge < -0.3 is 31.5 Å². The van der Waals surface area contributed by atoms with Gasteiger partial charge in [0.1, 0.15) is 24.1 Å². The molecule has 2 heterocycles. The lowest BCUT2D eigenvalue weighted by atomic mass is 9.96. The molecule has 0 amide bonds. The van der Waals surface area contributed by atoms with E-state index in [0.717, 1.165) is 4.57 Å². The number of nitrogens with zero attached hydrogens (tertiary/aromatic N) is 2. The number of hydrogen-bond donors (Lipinski definition) is 5. The van der Waals surface area contributed by atoms with Crippen molar-refractivity contribution < 1.29 is 20.1 Å². The minimum atomic E-state index is -1.72. The molecule has 2 rings (SSSR count). The summed E-state index contributed by atoms with van der Waals surface area (Å²) in [7, 11) is 0. The SMILES string of the molecule is CC(N)[C@@]1(n2ccc(N)nc2=O)O[C@H](CO)[C@@H](O)[C@H]1O. The summed E-state index contributed by atoms with van der Waals surface area (Å²) >= 11 is 0. The molecule has 1 unspecified atom stereocenters. The van der Waals surface area contributed by atoms with Crippen LogP contribution in [-0.4, -0.2) is 55.8 Å². The highest BCUT2D eigenvalue weighted by Crippen LogP contribution is 2.36. The highest BCUT2D eigenvalue weighted by molar-refractivity contribution is 5.24. The van der Waals surface area contributed by atoms with Crippen LogP contribution in [-0.2, 0) is 10.5 Å². The number of anilines is 1. The number of ether oxygens (including phenoxy) is 1. The van der Waals surface area contributed by atoms with Crippen molar-refractivity contribution in [3.63, 3.8) is 0 Å². The van der Waals surface area contributed by atoms with Gasteiger partial charge in [0.25, 0.3) is 0 Å². The van der Waals surface area contributed by atoms with Gasteiger partial charge >= 0.3 is 5.69 Å². The van der Waals surface area contributed by atoms with Crippen molar-refractivity contribution in [1.82, 2.24) is 9.55 Å². The molecule has 0 radical (unpaired) electrons. The topological polar surface area (TPSA) is 157 Å². The van der Waals surface area contributed by atoms with E-state index in [0.29, 0.717) is 0 Å². The van der Waals surface area contributed by atoms with Crippen LogP contribution in [0.4, 0.5) is 5.82 Å². The molecule has 1 aromatic heterocycles. The Morgan fingerprint density at radius 1 is 1.60 bits per heavy atom. The predicted molar refractivity (Wildman–Crippen MR) is 68.5 cm³/mol. The number of aromatic nitrogens is 2. The van der Waals surface area contributed by atoms with Crippen molar-refractivity contribution in [2.24, 2.45) is 5.73 Å². The standard InChI is InChI=1S/C11H18N4O5/c1-5(12)11(9(18)8(17)6(4-16)20-11)15-3-2-7(13)14-10(15)19/h2-3,5-6,8-9,16-18H,4,12H2,1H3,(H2,13,14,19)/t5?,6-,8-,9-,11-/m1/s1. The monoisotopic (exact) mass is 286 g/mol. The number of nitrogen functional groups attached to an aromatic ring is 1. The first-order valence-electron chi connectivity index (χ1n) is 6.10. The van der Waals surface area contributed by atoms with E-state index in [4.69, 9.17) is 21.3 Å². The quantitative estimate of drug-likeness (QED) is 0.392. The predicted octanol–water partition coefficient (Wildman–Crippen LogP) is -3.06. The van der Waals surface area contributed by atoms with Crippen molar-refractivity contribution in [2.45, 2.75) is 37.0 Å². The molecule has 0 bridgehead atoms. The molecule has 5 atom stereocenters. The second kappa shape index (κ2) is 5.11. The van der Waals surface area contributed by atoms with E-state index in [9.17, 15) is 15.0 Å². The van der Waals surface area contributed by atoms with Crippen LogP contribution in [0.15, 0.2) is 17.1 Å². The second-order valence-electron chi connectivity index (χ2n) is 4.82. The van der Waals surface area contributed by atoms with Gasteiger partial charge in [-0.2, -0.15) is 4.98 Å². The van der Waals surface area contributed by atoms with Gasteiger partial charge in [-0.15, -0.1) is 0 Å². The Hall–Kier alpha value is -1.52. The molecule has 1 saturated heterocycles. The van der Waals surface area contributed by atoms with E-state index in [1.807, 2.05) is 0 Å². The maximum absolute atomic E-state index is 12.0. The van der Waals surface area contributed by atoms with Crippen LogP contribution in [0.25, 0.3) is 0 Å². The van der Waals surface area contributed by atoms with Crippen LogP contribution in [0.2, 0.25) is 0 Å². The number of aliphatic hydroxyl groups excluding tert-OH is 3. The molecule has 0 aromatic carbocycles. The number of nitrogens with two attached hydrogens (primary N) is 2.